The summed E-state index contributed by atoms with van der Waals surface area (Å²) in [5, 5.41) is 1.31. The van der Waals surface area contributed by atoms with Gasteiger partial charge in [0.1, 0.15) is 0 Å². The van der Waals surface area contributed by atoms with E-state index in [2.05, 4.69) is 46.9 Å². The van der Waals surface area contributed by atoms with E-state index in [0.717, 1.165) is 19.4 Å². The molecule has 2 N–H and O–H groups in total. The van der Waals surface area contributed by atoms with Crippen LogP contribution in [0.1, 0.15) is 19.8 Å². The number of hydrogen-bond acceptors (Lipinski definition) is 3. The molecule has 0 fully saturated rings. The zero-order valence-corrected chi connectivity index (χ0v) is 11.1. The molecular weight excluding hydrogens is 260 g/mol. The van der Waals surface area contributed by atoms with Gasteiger partial charge in [0.15, 0.2) is 0 Å². The lowest BCUT2D eigenvalue weighted by Crippen LogP contribution is -2.21. The summed E-state index contributed by atoms with van der Waals surface area (Å²) in [6.45, 7) is 3.14. The third kappa shape index (κ3) is 3.98. The zero-order valence-electron chi connectivity index (χ0n) is 8.66. The van der Waals surface area contributed by atoms with E-state index in [1.807, 2.05) is 0 Å². The van der Waals surface area contributed by atoms with Crippen LogP contribution < -0.4 is 10.6 Å². The Labute approximate surface area is 98.2 Å². The minimum atomic E-state index is 0.318. The summed E-state index contributed by atoms with van der Waals surface area (Å²) in [6.07, 6.45) is 2.25. The molecule has 0 aliphatic rings. The molecule has 1 atom stereocenters. The van der Waals surface area contributed by atoms with Crippen molar-refractivity contribution in [2.45, 2.75) is 25.8 Å². The third-order valence-corrected chi connectivity index (χ3v) is 3.83. The van der Waals surface area contributed by atoms with Crippen LogP contribution in [0.4, 0.5) is 5.00 Å². The highest BCUT2D eigenvalue weighted by Gasteiger charge is 2.03. The minimum absolute atomic E-state index is 0.318. The third-order valence-electron chi connectivity index (χ3n) is 2.09. The fourth-order valence-electron chi connectivity index (χ4n) is 1.27. The average molecular weight is 277 g/mol. The van der Waals surface area contributed by atoms with Gasteiger partial charge in [0, 0.05) is 19.6 Å². The standard InChI is InChI=1S/C10H17BrN2S/c1-8(12)4-3-7-13(2)10-6-5-9(11)14-10/h5-6,8H,3-4,7,12H2,1-2H3. The van der Waals surface area contributed by atoms with Crippen LogP contribution in [0.15, 0.2) is 15.9 Å². The van der Waals surface area contributed by atoms with Crippen molar-refractivity contribution in [2.75, 3.05) is 18.5 Å². The van der Waals surface area contributed by atoms with E-state index in [9.17, 15) is 0 Å². The van der Waals surface area contributed by atoms with E-state index >= 15 is 0 Å². The van der Waals surface area contributed by atoms with Crippen LogP contribution in [0.3, 0.4) is 0 Å². The van der Waals surface area contributed by atoms with Gasteiger partial charge in [0.05, 0.1) is 8.79 Å². The predicted molar refractivity (Wildman–Crippen MR) is 68.2 cm³/mol. The van der Waals surface area contributed by atoms with E-state index in [1.165, 1.54) is 8.79 Å². The van der Waals surface area contributed by atoms with Crippen molar-refractivity contribution in [3.63, 3.8) is 0 Å². The van der Waals surface area contributed by atoms with E-state index in [-0.39, 0.29) is 0 Å². The van der Waals surface area contributed by atoms with Crippen LogP contribution in [-0.2, 0) is 0 Å². The molecule has 80 valence electrons. The first-order chi connectivity index (χ1) is 6.59. The van der Waals surface area contributed by atoms with Gasteiger partial charge in [-0.3, -0.25) is 0 Å². The monoisotopic (exact) mass is 276 g/mol. The van der Waals surface area contributed by atoms with Gasteiger partial charge in [-0.15, -0.1) is 11.3 Å². The Balaban J connectivity index is 2.32. The van der Waals surface area contributed by atoms with Crippen LogP contribution in [0.5, 0.6) is 0 Å². The lowest BCUT2D eigenvalue weighted by atomic mass is 10.2. The number of anilines is 1. The molecule has 0 saturated carbocycles. The molecule has 1 rings (SSSR count). The van der Waals surface area contributed by atoms with Crippen molar-refractivity contribution in [1.82, 2.24) is 0 Å². The minimum Gasteiger partial charge on any atom is -0.366 e. The van der Waals surface area contributed by atoms with E-state index < -0.39 is 0 Å². The normalized spacial score (nSPS) is 12.9. The zero-order chi connectivity index (χ0) is 10.6. The number of halogens is 1. The predicted octanol–water partition coefficient (Wildman–Crippen LogP) is 3.07. The largest absolute Gasteiger partial charge is 0.366 e. The fraction of sp³-hybridized carbons (Fsp3) is 0.600. The van der Waals surface area contributed by atoms with Gasteiger partial charge in [0.2, 0.25) is 0 Å². The highest BCUT2D eigenvalue weighted by Crippen LogP contribution is 2.29. The Bertz CT molecular complexity index is 273. The number of nitrogens with two attached hydrogens (primary N) is 1. The van der Waals surface area contributed by atoms with Crippen molar-refractivity contribution in [2.24, 2.45) is 5.73 Å². The molecule has 1 aromatic rings. The molecule has 2 nitrogen and oxygen atoms in total. The van der Waals surface area contributed by atoms with Crippen molar-refractivity contribution in [3.8, 4) is 0 Å². The smallest absolute Gasteiger partial charge is 0.0917 e. The molecule has 0 bridgehead atoms. The van der Waals surface area contributed by atoms with Crippen LogP contribution >= 0.6 is 27.3 Å². The molecule has 0 aromatic carbocycles. The Morgan fingerprint density at radius 3 is 2.79 bits per heavy atom. The maximum atomic E-state index is 5.70. The second-order valence-corrected chi connectivity index (χ2v) is 6.06. The number of thiophene rings is 1. The second-order valence-electron chi connectivity index (χ2n) is 3.62. The van der Waals surface area contributed by atoms with Crippen molar-refractivity contribution < 1.29 is 0 Å². The lowest BCUT2D eigenvalue weighted by Gasteiger charge is -2.17. The molecule has 0 spiro atoms. The molecule has 1 heterocycles. The molecular formula is C10H17BrN2S. The first-order valence-electron chi connectivity index (χ1n) is 4.81. The molecule has 0 aliphatic carbocycles. The topological polar surface area (TPSA) is 29.3 Å². The maximum Gasteiger partial charge on any atom is 0.0917 e. The SMILES string of the molecule is CC(N)CCCN(C)c1ccc(Br)s1. The van der Waals surface area contributed by atoms with Gasteiger partial charge in [-0.2, -0.15) is 0 Å². The maximum absolute atomic E-state index is 5.70. The van der Waals surface area contributed by atoms with Gasteiger partial charge in [0.25, 0.3) is 0 Å². The van der Waals surface area contributed by atoms with E-state index in [0.29, 0.717) is 6.04 Å². The fourth-order valence-corrected chi connectivity index (χ4v) is 2.62. The summed E-state index contributed by atoms with van der Waals surface area (Å²) in [6, 6.07) is 4.54. The van der Waals surface area contributed by atoms with Gasteiger partial charge in [-0.25, -0.2) is 0 Å². The summed E-state index contributed by atoms with van der Waals surface area (Å²) in [7, 11) is 2.12. The van der Waals surface area contributed by atoms with Crippen LogP contribution in [0, 0.1) is 0 Å². The average Bonchev–Trinajstić information content (AvgIpc) is 2.51. The highest BCUT2D eigenvalue weighted by molar-refractivity contribution is 9.11. The van der Waals surface area contributed by atoms with Gasteiger partial charge < -0.3 is 10.6 Å². The number of hydrogen-bond donors (Lipinski definition) is 1. The quantitative estimate of drug-likeness (QED) is 0.896. The second kappa shape index (κ2) is 5.73. The van der Waals surface area contributed by atoms with Gasteiger partial charge in [-0.05, 0) is 47.8 Å². The van der Waals surface area contributed by atoms with Crippen LogP contribution in [0.2, 0.25) is 0 Å². The molecule has 14 heavy (non-hydrogen) atoms. The molecule has 0 radical (unpaired) electrons. The summed E-state index contributed by atoms with van der Waals surface area (Å²) < 4.78 is 1.19. The van der Waals surface area contributed by atoms with Crippen molar-refractivity contribution >= 4 is 32.3 Å². The summed E-state index contributed by atoms with van der Waals surface area (Å²) in [5.74, 6) is 0. The Hall–Kier alpha value is -0.0600. The first-order valence-corrected chi connectivity index (χ1v) is 6.42. The Morgan fingerprint density at radius 2 is 2.29 bits per heavy atom. The van der Waals surface area contributed by atoms with E-state index in [1.54, 1.807) is 11.3 Å². The molecule has 0 aliphatic heterocycles. The molecule has 4 heteroatoms. The van der Waals surface area contributed by atoms with Crippen LogP contribution in [-0.4, -0.2) is 19.6 Å². The first kappa shape index (κ1) is 12.0. The summed E-state index contributed by atoms with van der Waals surface area (Å²) in [5.41, 5.74) is 5.70. The van der Waals surface area contributed by atoms with Crippen LogP contribution in [0.25, 0.3) is 0 Å². The van der Waals surface area contributed by atoms with E-state index in [4.69, 9.17) is 5.73 Å². The Morgan fingerprint density at radius 1 is 1.57 bits per heavy atom. The number of nitrogens with zero attached hydrogens (tertiary/aromatic N) is 1. The summed E-state index contributed by atoms with van der Waals surface area (Å²) >= 11 is 5.23. The molecule has 0 amide bonds. The van der Waals surface area contributed by atoms with Gasteiger partial charge in [-0.1, -0.05) is 0 Å². The number of rotatable bonds is 5. The van der Waals surface area contributed by atoms with Crippen molar-refractivity contribution in [3.05, 3.63) is 15.9 Å². The molecule has 1 aromatic heterocycles. The lowest BCUT2D eigenvalue weighted by molar-refractivity contribution is 0.622. The summed E-state index contributed by atoms with van der Waals surface area (Å²) in [4.78, 5) is 2.28. The Kier molecular flexibility index (Phi) is 4.92. The molecule has 1 unspecified atom stereocenters. The molecule has 0 saturated heterocycles. The van der Waals surface area contributed by atoms with Gasteiger partial charge >= 0.3 is 0 Å². The van der Waals surface area contributed by atoms with Crippen molar-refractivity contribution in [1.29, 1.82) is 0 Å². The highest BCUT2D eigenvalue weighted by atomic mass is 79.9.